The SMILES string of the molecule is C1=C(c2c3ccccc3c(-c3cccnc3)c3ccccc23)c2c(oc3ccc(-c4c5ccccc5c(-c5cccnc5)c5ccccc45)cc23)CC1. The summed E-state index contributed by atoms with van der Waals surface area (Å²) in [6.07, 6.45) is 11.9. The maximum absolute atomic E-state index is 6.75. The fourth-order valence-electron chi connectivity index (χ4n) is 8.95. The smallest absolute Gasteiger partial charge is 0.134 e. The third-order valence-electron chi connectivity index (χ3n) is 11.1. The molecule has 0 saturated heterocycles. The zero-order valence-electron chi connectivity index (χ0n) is 28.9. The van der Waals surface area contributed by atoms with Gasteiger partial charge in [-0.15, -0.1) is 0 Å². The van der Waals surface area contributed by atoms with Gasteiger partial charge in [-0.3, -0.25) is 9.97 Å². The molecule has 3 nitrogen and oxygen atoms in total. The van der Waals surface area contributed by atoms with Crippen molar-refractivity contribution in [3.63, 3.8) is 0 Å². The molecule has 0 unspecified atom stereocenters. The van der Waals surface area contributed by atoms with E-state index in [0.717, 1.165) is 40.7 Å². The van der Waals surface area contributed by atoms with Gasteiger partial charge in [0.15, 0.2) is 0 Å². The fourth-order valence-corrected chi connectivity index (χ4v) is 8.95. The minimum absolute atomic E-state index is 0.873. The summed E-state index contributed by atoms with van der Waals surface area (Å²) in [6.45, 7) is 0. The number of rotatable bonds is 4. The van der Waals surface area contributed by atoms with Crippen molar-refractivity contribution >= 4 is 59.6 Å². The van der Waals surface area contributed by atoms with Gasteiger partial charge in [0.05, 0.1) is 0 Å². The molecule has 0 atom stereocenters. The molecule has 0 amide bonds. The van der Waals surface area contributed by atoms with Crippen LogP contribution in [0.4, 0.5) is 0 Å². The van der Waals surface area contributed by atoms with Crippen LogP contribution in [0.5, 0.6) is 0 Å². The van der Waals surface area contributed by atoms with Gasteiger partial charge in [0, 0.05) is 53.3 Å². The van der Waals surface area contributed by atoms with Crippen molar-refractivity contribution in [2.24, 2.45) is 0 Å². The molecule has 11 rings (SSSR count). The Labute approximate surface area is 306 Å². The molecule has 3 heterocycles. The van der Waals surface area contributed by atoms with Crippen LogP contribution in [0.25, 0.3) is 93.0 Å². The molecule has 0 spiro atoms. The number of furan rings is 1. The lowest BCUT2D eigenvalue weighted by Crippen LogP contribution is -2.01. The molecule has 0 fully saturated rings. The van der Waals surface area contributed by atoms with Gasteiger partial charge >= 0.3 is 0 Å². The van der Waals surface area contributed by atoms with E-state index >= 15 is 0 Å². The van der Waals surface area contributed by atoms with Crippen LogP contribution in [0.1, 0.15) is 23.3 Å². The summed E-state index contributed by atoms with van der Waals surface area (Å²) in [5.74, 6) is 1.06. The highest BCUT2D eigenvalue weighted by molar-refractivity contribution is 6.23. The number of aryl methyl sites for hydroxylation is 1. The molecular formula is C50H32N2O. The average Bonchev–Trinajstić information content (AvgIpc) is 3.61. The minimum Gasteiger partial charge on any atom is -0.460 e. The van der Waals surface area contributed by atoms with Gasteiger partial charge in [0.1, 0.15) is 11.3 Å². The largest absolute Gasteiger partial charge is 0.460 e. The van der Waals surface area contributed by atoms with E-state index in [2.05, 4.69) is 143 Å². The van der Waals surface area contributed by atoms with E-state index < -0.39 is 0 Å². The van der Waals surface area contributed by atoms with Crippen molar-refractivity contribution in [3.8, 4) is 33.4 Å². The second kappa shape index (κ2) is 11.9. The van der Waals surface area contributed by atoms with Crippen LogP contribution >= 0.6 is 0 Å². The van der Waals surface area contributed by atoms with E-state index in [0.29, 0.717) is 0 Å². The normalized spacial score (nSPS) is 12.9. The molecule has 53 heavy (non-hydrogen) atoms. The van der Waals surface area contributed by atoms with Gasteiger partial charge < -0.3 is 4.42 Å². The predicted octanol–water partition coefficient (Wildman–Crippen LogP) is 13.2. The van der Waals surface area contributed by atoms with E-state index in [1.54, 1.807) is 0 Å². The quantitative estimate of drug-likeness (QED) is 0.174. The molecule has 7 aromatic carbocycles. The Morgan fingerprint density at radius 1 is 0.396 bits per heavy atom. The Bertz CT molecular complexity index is 2990. The van der Waals surface area contributed by atoms with E-state index in [1.807, 2.05) is 36.9 Å². The van der Waals surface area contributed by atoms with Gasteiger partial charge in [-0.05, 0) is 107 Å². The van der Waals surface area contributed by atoms with Crippen molar-refractivity contribution in [1.29, 1.82) is 0 Å². The standard InChI is InChI=1S/C50H32N2O/c1-3-16-36-34(14-1)46(35-15-2-4-17-37(35)47(36)32-12-10-26-51-29-32)31-24-25-44-43(28-31)50-42(22-9-23-45(50)53-44)49-40-20-7-5-18-38(40)48(33-13-11-27-52-30-33)39-19-6-8-21-41(39)49/h1-8,10-22,24-30H,9,23H2. The lowest BCUT2D eigenvalue weighted by Gasteiger charge is -2.21. The molecule has 1 aliphatic rings. The van der Waals surface area contributed by atoms with E-state index in [1.165, 1.54) is 82.0 Å². The molecule has 10 aromatic rings. The second-order valence-corrected chi connectivity index (χ2v) is 13.9. The van der Waals surface area contributed by atoms with Gasteiger partial charge in [-0.2, -0.15) is 0 Å². The van der Waals surface area contributed by atoms with Crippen molar-refractivity contribution < 1.29 is 4.42 Å². The third kappa shape index (κ3) is 4.54. The van der Waals surface area contributed by atoms with Crippen LogP contribution in [-0.2, 0) is 6.42 Å². The highest BCUT2D eigenvalue weighted by atomic mass is 16.3. The lowest BCUT2D eigenvalue weighted by atomic mass is 9.81. The van der Waals surface area contributed by atoms with Crippen molar-refractivity contribution in [3.05, 3.63) is 187 Å². The van der Waals surface area contributed by atoms with Crippen LogP contribution in [-0.4, -0.2) is 9.97 Å². The molecule has 248 valence electrons. The molecule has 0 saturated carbocycles. The Morgan fingerprint density at radius 2 is 0.849 bits per heavy atom. The molecular weight excluding hydrogens is 645 g/mol. The maximum atomic E-state index is 6.75. The van der Waals surface area contributed by atoms with Crippen LogP contribution in [0, 0.1) is 0 Å². The monoisotopic (exact) mass is 676 g/mol. The average molecular weight is 677 g/mol. The van der Waals surface area contributed by atoms with Gasteiger partial charge in [-0.25, -0.2) is 0 Å². The minimum atomic E-state index is 0.873. The number of allylic oxidation sites excluding steroid dienone is 1. The van der Waals surface area contributed by atoms with E-state index in [4.69, 9.17) is 4.42 Å². The van der Waals surface area contributed by atoms with Crippen molar-refractivity contribution in [2.45, 2.75) is 12.8 Å². The molecule has 0 N–H and O–H groups in total. The van der Waals surface area contributed by atoms with E-state index in [-0.39, 0.29) is 0 Å². The van der Waals surface area contributed by atoms with Gasteiger partial charge in [0.2, 0.25) is 0 Å². The molecule has 3 aromatic heterocycles. The Balaban J connectivity index is 1.19. The number of hydrogen-bond donors (Lipinski definition) is 0. The Hall–Kier alpha value is -6.84. The summed E-state index contributed by atoms with van der Waals surface area (Å²) < 4.78 is 6.75. The lowest BCUT2D eigenvalue weighted by molar-refractivity contribution is 0.545. The molecule has 1 aliphatic carbocycles. The third-order valence-corrected chi connectivity index (χ3v) is 11.1. The summed E-state index contributed by atoms with van der Waals surface area (Å²) in [5, 5.41) is 10.9. The second-order valence-electron chi connectivity index (χ2n) is 13.9. The first-order valence-corrected chi connectivity index (χ1v) is 18.3. The Kier molecular flexibility index (Phi) is 6.68. The Morgan fingerprint density at radius 3 is 1.30 bits per heavy atom. The highest BCUT2D eigenvalue weighted by Crippen LogP contribution is 2.49. The van der Waals surface area contributed by atoms with Crippen LogP contribution < -0.4 is 0 Å². The van der Waals surface area contributed by atoms with E-state index in [9.17, 15) is 0 Å². The zero-order chi connectivity index (χ0) is 34.9. The fraction of sp³-hybridized carbons (Fsp3) is 0.0400. The van der Waals surface area contributed by atoms with Crippen LogP contribution in [0.2, 0.25) is 0 Å². The highest BCUT2D eigenvalue weighted by Gasteiger charge is 2.27. The van der Waals surface area contributed by atoms with Crippen molar-refractivity contribution in [1.82, 2.24) is 9.97 Å². The summed E-state index contributed by atoms with van der Waals surface area (Å²) in [6, 6.07) is 50.5. The topological polar surface area (TPSA) is 38.9 Å². The van der Waals surface area contributed by atoms with Crippen molar-refractivity contribution in [2.75, 3.05) is 0 Å². The summed E-state index contributed by atoms with van der Waals surface area (Å²) in [5.41, 5.74) is 11.7. The number of aromatic nitrogens is 2. The molecule has 0 aliphatic heterocycles. The number of nitrogens with zero attached hydrogens (tertiary/aromatic N) is 2. The number of fused-ring (bicyclic) bond motifs is 7. The predicted molar refractivity (Wildman–Crippen MR) is 220 cm³/mol. The first kappa shape index (κ1) is 29.8. The maximum Gasteiger partial charge on any atom is 0.134 e. The van der Waals surface area contributed by atoms with Gasteiger partial charge in [0.25, 0.3) is 0 Å². The summed E-state index contributed by atoms with van der Waals surface area (Å²) in [4.78, 5) is 9.00. The zero-order valence-corrected chi connectivity index (χ0v) is 28.9. The molecule has 0 bridgehead atoms. The van der Waals surface area contributed by atoms with Gasteiger partial charge in [-0.1, -0.05) is 121 Å². The summed E-state index contributed by atoms with van der Waals surface area (Å²) >= 11 is 0. The van der Waals surface area contributed by atoms with Crippen LogP contribution in [0.3, 0.4) is 0 Å². The summed E-state index contributed by atoms with van der Waals surface area (Å²) in [7, 11) is 0. The molecule has 3 heteroatoms. The number of hydrogen-bond acceptors (Lipinski definition) is 3. The molecule has 0 radical (unpaired) electrons. The number of benzene rings is 7. The van der Waals surface area contributed by atoms with Crippen LogP contribution in [0.15, 0.2) is 175 Å². The first-order chi connectivity index (χ1) is 26.3. The first-order valence-electron chi connectivity index (χ1n) is 18.3. The number of pyridine rings is 2.